The van der Waals surface area contributed by atoms with E-state index in [0.29, 0.717) is 12.1 Å². The smallest absolute Gasteiger partial charge is 0.0562 e. The number of oxime groups is 1. The van der Waals surface area contributed by atoms with Gasteiger partial charge in [0.05, 0.1) is 5.71 Å². The van der Waals surface area contributed by atoms with Gasteiger partial charge in [-0.1, -0.05) is 5.16 Å². The Morgan fingerprint density at radius 3 is 2.43 bits per heavy atom. The van der Waals surface area contributed by atoms with Crippen molar-refractivity contribution in [2.75, 3.05) is 6.61 Å². The van der Waals surface area contributed by atoms with Gasteiger partial charge in [0.25, 0.3) is 0 Å². The van der Waals surface area contributed by atoms with E-state index < -0.39 is 0 Å². The lowest BCUT2D eigenvalue weighted by molar-refractivity contribution is 0.295. The van der Waals surface area contributed by atoms with Crippen LogP contribution in [-0.2, 0) is 0 Å². The molecule has 0 atom stereocenters. The van der Waals surface area contributed by atoms with E-state index in [4.69, 9.17) is 10.3 Å². The molecule has 0 bridgehead atoms. The highest BCUT2D eigenvalue weighted by Crippen LogP contribution is 1.79. The van der Waals surface area contributed by atoms with Crippen molar-refractivity contribution < 1.29 is 10.3 Å². The van der Waals surface area contributed by atoms with Crippen LogP contribution >= 0.6 is 0 Å². The van der Waals surface area contributed by atoms with E-state index in [9.17, 15) is 0 Å². The number of nitrogens with zero attached hydrogens (tertiary/aromatic N) is 1. The van der Waals surface area contributed by atoms with E-state index >= 15 is 0 Å². The fourth-order valence-corrected chi connectivity index (χ4v) is 0.212. The summed E-state index contributed by atoms with van der Waals surface area (Å²) in [6.07, 6.45) is 0.455. The maximum atomic E-state index is 8.18. The lowest BCUT2D eigenvalue weighted by Crippen LogP contribution is -1.93. The third-order valence-corrected chi connectivity index (χ3v) is 0.644. The number of aliphatic hydroxyl groups excluding tert-OH is 1. The Morgan fingerprint density at radius 1 is 1.71 bits per heavy atom. The van der Waals surface area contributed by atoms with Crippen LogP contribution in [0.4, 0.5) is 0 Å². The first kappa shape index (κ1) is 6.43. The highest BCUT2D eigenvalue weighted by atomic mass is 16.4. The molecule has 42 valence electrons. The third-order valence-electron chi connectivity index (χ3n) is 0.644. The van der Waals surface area contributed by atoms with Crippen molar-refractivity contribution in [3.8, 4) is 0 Å². The summed E-state index contributed by atoms with van der Waals surface area (Å²) >= 11 is 0. The van der Waals surface area contributed by atoms with Crippen LogP contribution in [0.15, 0.2) is 5.16 Å². The van der Waals surface area contributed by atoms with Gasteiger partial charge in [-0.15, -0.1) is 0 Å². The van der Waals surface area contributed by atoms with Crippen molar-refractivity contribution >= 4 is 5.71 Å². The largest absolute Gasteiger partial charge is 0.411 e. The van der Waals surface area contributed by atoms with Crippen LogP contribution in [0.5, 0.6) is 0 Å². The standard InChI is InChI=1S/C4H9NO2/c1-4(5-7)2-3-6/h6-7H,2-3H2,1H3. The van der Waals surface area contributed by atoms with Gasteiger partial charge in [-0.3, -0.25) is 0 Å². The van der Waals surface area contributed by atoms with Gasteiger partial charge in [0, 0.05) is 13.0 Å². The highest BCUT2D eigenvalue weighted by molar-refractivity contribution is 5.81. The molecule has 0 unspecified atom stereocenters. The minimum atomic E-state index is 0.0515. The molecule has 0 saturated heterocycles. The lowest BCUT2D eigenvalue weighted by Gasteiger charge is -1.87. The van der Waals surface area contributed by atoms with Gasteiger partial charge in [0.15, 0.2) is 0 Å². The first-order valence-electron chi connectivity index (χ1n) is 2.09. The van der Waals surface area contributed by atoms with Crippen molar-refractivity contribution in [2.24, 2.45) is 5.16 Å². The van der Waals surface area contributed by atoms with Crippen LogP contribution in [0.1, 0.15) is 13.3 Å². The molecule has 0 radical (unpaired) electrons. The van der Waals surface area contributed by atoms with Gasteiger partial charge < -0.3 is 10.3 Å². The zero-order valence-electron chi connectivity index (χ0n) is 4.26. The summed E-state index contributed by atoms with van der Waals surface area (Å²) in [7, 11) is 0. The molecule has 0 aromatic heterocycles. The van der Waals surface area contributed by atoms with Gasteiger partial charge >= 0.3 is 0 Å². The Balaban J connectivity index is 3.17. The molecule has 0 aliphatic rings. The number of rotatable bonds is 2. The zero-order valence-corrected chi connectivity index (χ0v) is 4.26. The molecule has 0 rings (SSSR count). The van der Waals surface area contributed by atoms with Gasteiger partial charge in [-0.2, -0.15) is 0 Å². The molecule has 2 N–H and O–H groups in total. The van der Waals surface area contributed by atoms with E-state index in [1.165, 1.54) is 0 Å². The van der Waals surface area contributed by atoms with Crippen LogP contribution in [0.3, 0.4) is 0 Å². The monoisotopic (exact) mass is 103 g/mol. The van der Waals surface area contributed by atoms with Crippen molar-refractivity contribution in [3.63, 3.8) is 0 Å². The molecule has 0 aliphatic carbocycles. The normalized spacial score (nSPS) is 12.0. The second-order valence-electron chi connectivity index (χ2n) is 1.31. The second kappa shape index (κ2) is 3.61. The van der Waals surface area contributed by atoms with Crippen molar-refractivity contribution in [1.29, 1.82) is 0 Å². The van der Waals surface area contributed by atoms with E-state index in [2.05, 4.69) is 5.16 Å². The molecule has 0 saturated carbocycles. The Morgan fingerprint density at radius 2 is 2.29 bits per heavy atom. The molecule has 0 fully saturated rings. The van der Waals surface area contributed by atoms with E-state index in [-0.39, 0.29) is 6.61 Å². The number of hydrogen-bond acceptors (Lipinski definition) is 3. The van der Waals surface area contributed by atoms with Gasteiger partial charge in [0.1, 0.15) is 0 Å². The maximum Gasteiger partial charge on any atom is 0.0562 e. The van der Waals surface area contributed by atoms with Crippen molar-refractivity contribution in [3.05, 3.63) is 0 Å². The maximum absolute atomic E-state index is 8.18. The number of aliphatic hydroxyl groups is 1. The minimum absolute atomic E-state index is 0.0515. The van der Waals surface area contributed by atoms with Crippen LogP contribution in [0.2, 0.25) is 0 Å². The summed E-state index contributed by atoms with van der Waals surface area (Å²) in [5.41, 5.74) is 0.558. The average molecular weight is 103 g/mol. The summed E-state index contributed by atoms with van der Waals surface area (Å²) in [5, 5.41) is 19.0. The van der Waals surface area contributed by atoms with Gasteiger partial charge in [-0.05, 0) is 6.92 Å². The van der Waals surface area contributed by atoms with Crippen molar-refractivity contribution in [2.45, 2.75) is 13.3 Å². The highest BCUT2D eigenvalue weighted by Gasteiger charge is 1.85. The predicted molar refractivity (Wildman–Crippen MR) is 26.6 cm³/mol. The Hall–Kier alpha value is -0.570. The van der Waals surface area contributed by atoms with Crippen LogP contribution < -0.4 is 0 Å². The summed E-state index contributed by atoms with van der Waals surface area (Å²) < 4.78 is 0. The average Bonchev–Trinajstić information content (AvgIpc) is 1.68. The summed E-state index contributed by atoms with van der Waals surface area (Å²) in [5.74, 6) is 0. The quantitative estimate of drug-likeness (QED) is 0.298. The summed E-state index contributed by atoms with van der Waals surface area (Å²) in [4.78, 5) is 0. The van der Waals surface area contributed by atoms with E-state index in [0.717, 1.165) is 0 Å². The second-order valence-corrected chi connectivity index (χ2v) is 1.31. The van der Waals surface area contributed by atoms with Crippen LogP contribution in [0, 0.1) is 0 Å². The van der Waals surface area contributed by atoms with Gasteiger partial charge in [-0.25, -0.2) is 0 Å². The molecule has 0 heterocycles. The molecule has 7 heavy (non-hydrogen) atoms. The zero-order chi connectivity index (χ0) is 5.70. The Kier molecular flexibility index (Phi) is 3.32. The van der Waals surface area contributed by atoms with Gasteiger partial charge in [0.2, 0.25) is 0 Å². The first-order valence-corrected chi connectivity index (χ1v) is 2.09. The molecule has 3 heteroatoms. The Bertz CT molecular complexity index is 70.1. The molecule has 0 amide bonds. The summed E-state index contributed by atoms with van der Waals surface area (Å²) in [6.45, 7) is 1.70. The third kappa shape index (κ3) is 3.26. The molecule has 0 aromatic rings. The molecule has 0 spiro atoms. The topological polar surface area (TPSA) is 52.8 Å². The fourth-order valence-electron chi connectivity index (χ4n) is 0.212. The molecule has 0 aromatic carbocycles. The van der Waals surface area contributed by atoms with E-state index in [1.807, 2.05) is 0 Å². The van der Waals surface area contributed by atoms with Crippen LogP contribution in [-0.4, -0.2) is 22.6 Å². The SMILES string of the molecule is CC(CCO)=NO. The summed E-state index contributed by atoms with van der Waals surface area (Å²) in [6, 6.07) is 0. The fraction of sp³-hybridized carbons (Fsp3) is 0.750. The van der Waals surface area contributed by atoms with Crippen molar-refractivity contribution in [1.82, 2.24) is 0 Å². The van der Waals surface area contributed by atoms with E-state index in [1.54, 1.807) is 6.92 Å². The Labute approximate surface area is 42.3 Å². The predicted octanol–water partition coefficient (Wildman–Crippen LogP) is 0.219. The molecule has 3 nitrogen and oxygen atoms in total. The number of hydrogen-bond donors (Lipinski definition) is 2. The minimum Gasteiger partial charge on any atom is -0.411 e. The molecular formula is C4H9NO2. The molecular weight excluding hydrogens is 94.0 g/mol. The lowest BCUT2D eigenvalue weighted by atomic mass is 10.3. The molecule has 0 aliphatic heterocycles. The first-order chi connectivity index (χ1) is 3.31. The van der Waals surface area contributed by atoms with Crippen LogP contribution in [0.25, 0.3) is 0 Å².